The van der Waals surface area contributed by atoms with Gasteiger partial charge in [0.1, 0.15) is 0 Å². The van der Waals surface area contributed by atoms with Gasteiger partial charge in [-0.15, -0.1) is 0 Å². The summed E-state index contributed by atoms with van der Waals surface area (Å²) in [5.74, 6) is 1.51. The standard InChI is InChI=1S/C16H25N5O2/c1-4-15(22)21-9-8-13(11-21)20-16(17-2)18-10-12-6-5-7-14(19-12)23-3/h5-7,13H,4,8-11H2,1-3H3,(H2,17,18,20). The third-order valence-corrected chi connectivity index (χ3v) is 3.84. The molecule has 7 nitrogen and oxygen atoms in total. The molecule has 1 amide bonds. The van der Waals surface area contributed by atoms with Crippen molar-refractivity contribution in [2.75, 3.05) is 27.2 Å². The highest BCUT2D eigenvalue weighted by molar-refractivity contribution is 5.80. The van der Waals surface area contributed by atoms with Crippen LogP contribution in [0, 0.1) is 0 Å². The monoisotopic (exact) mass is 319 g/mol. The van der Waals surface area contributed by atoms with Crippen LogP contribution in [0.5, 0.6) is 5.88 Å². The smallest absolute Gasteiger partial charge is 0.222 e. The maximum atomic E-state index is 11.7. The first-order valence-corrected chi connectivity index (χ1v) is 7.91. The molecule has 2 N–H and O–H groups in total. The minimum Gasteiger partial charge on any atom is -0.481 e. The van der Waals surface area contributed by atoms with Crippen LogP contribution in [-0.2, 0) is 11.3 Å². The number of amides is 1. The molecular formula is C16H25N5O2. The predicted molar refractivity (Wildman–Crippen MR) is 89.4 cm³/mol. The van der Waals surface area contributed by atoms with Crippen LogP contribution in [-0.4, -0.2) is 55.0 Å². The Labute approximate surface area is 137 Å². The number of rotatable bonds is 5. The molecule has 1 unspecified atom stereocenters. The normalized spacial score (nSPS) is 18.0. The Bertz CT molecular complexity index is 561. The molecule has 2 heterocycles. The van der Waals surface area contributed by atoms with Gasteiger partial charge in [-0.3, -0.25) is 9.79 Å². The first kappa shape index (κ1) is 17.1. The molecule has 1 fully saturated rings. The van der Waals surface area contributed by atoms with Gasteiger partial charge in [0.05, 0.1) is 19.3 Å². The lowest BCUT2D eigenvalue weighted by molar-refractivity contribution is -0.129. The van der Waals surface area contributed by atoms with Gasteiger partial charge in [0, 0.05) is 38.7 Å². The molecule has 0 spiro atoms. The van der Waals surface area contributed by atoms with E-state index in [1.54, 1.807) is 14.2 Å². The molecule has 1 aromatic heterocycles. The molecule has 1 aliphatic heterocycles. The van der Waals surface area contributed by atoms with Crippen LogP contribution in [0.4, 0.5) is 0 Å². The number of aromatic nitrogens is 1. The second kappa shape index (κ2) is 8.36. The molecule has 23 heavy (non-hydrogen) atoms. The Hall–Kier alpha value is -2.31. The predicted octanol–water partition coefficient (Wildman–Crippen LogP) is 0.766. The zero-order valence-corrected chi connectivity index (χ0v) is 14.0. The lowest BCUT2D eigenvalue weighted by atomic mass is 10.3. The topological polar surface area (TPSA) is 78.9 Å². The van der Waals surface area contributed by atoms with Crippen molar-refractivity contribution in [1.82, 2.24) is 20.5 Å². The number of aliphatic imine (C=N–C) groups is 1. The van der Waals surface area contributed by atoms with Crippen molar-refractivity contribution in [3.05, 3.63) is 23.9 Å². The second-order valence-corrected chi connectivity index (χ2v) is 5.42. The lowest BCUT2D eigenvalue weighted by Gasteiger charge is -2.18. The SMILES string of the molecule is CCC(=O)N1CCC(NC(=NC)NCc2cccc(OC)n2)C1. The molecule has 0 aliphatic carbocycles. The third kappa shape index (κ3) is 4.84. The van der Waals surface area contributed by atoms with E-state index in [0.717, 1.165) is 25.2 Å². The molecule has 1 saturated heterocycles. The number of guanidine groups is 1. The molecule has 1 atom stereocenters. The summed E-state index contributed by atoms with van der Waals surface area (Å²) < 4.78 is 5.12. The molecule has 0 saturated carbocycles. The van der Waals surface area contributed by atoms with Crippen molar-refractivity contribution in [3.63, 3.8) is 0 Å². The number of hydrogen-bond acceptors (Lipinski definition) is 4. The van der Waals surface area contributed by atoms with Gasteiger partial charge < -0.3 is 20.3 Å². The second-order valence-electron chi connectivity index (χ2n) is 5.42. The van der Waals surface area contributed by atoms with Crippen molar-refractivity contribution >= 4 is 11.9 Å². The van der Waals surface area contributed by atoms with Crippen molar-refractivity contribution < 1.29 is 9.53 Å². The van der Waals surface area contributed by atoms with Gasteiger partial charge in [0.2, 0.25) is 11.8 Å². The summed E-state index contributed by atoms with van der Waals surface area (Å²) >= 11 is 0. The minimum atomic E-state index is 0.206. The van der Waals surface area contributed by atoms with E-state index in [1.807, 2.05) is 30.0 Å². The fourth-order valence-corrected chi connectivity index (χ4v) is 2.56. The van der Waals surface area contributed by atoms with Gasteiger partial charge in [-0.1, -0.05) is 13.0 Å². The molecule has 1 aromatic rings. The minimum absolute atomic E-state index is 0.206. The number of likely N-dealkylation sites (tertiary alicyclic amines) is 1. The fraction of sp³-hybridized carbons (Fsp3) is 0.562. The Kier molecular flexibility index (Phi) is 6.19. The van der Waals surface area contributed by atoms with E-state index in [9.17, 15) is 4.79 Å². The molecule has 126 valence electrons. The average Bonchev–Trinajstić information content (AvgIpc) is 3.06. The van der Waals surface area contributed by atoms with Crippen molar-refractivity contribution in [2.24, 2.45) is 4.99 Å². The van der Waals surface area contributed by atoms with E-state index in [2.05, 4.69) is 20.6 Å². The zero-order valence-electron chi connectivity index (χ0n) is 14.0. The quantitative estimate of drug-likeness (QED) is 0.619. The summed E-state index contributed by atoms with van der Waals surface area (Å²) in [6, 6.07) is 5.88. The number of pyridine rings is 1. The maximum Gasteiger partial charge on any atom is 0.222 e. The van der Waals surface area contributed by atoms with Crippen molar-refractivity contribution in [2.45, 2.75) is 32.4 Å². The van der Waals surface area contributed by atoms with Gasteiger partial charge in [0.15, 0.2) is 5.96 Å². The molecule has 0 bridgehead atoms. The number of methoxy groups -OCH3 is 1. The van der Waals surface area contributed by atoms with E-state index < -0.39 is 0 Å². The van der Waals surface area contributed by atoms with E-state index in [-0.39, 0.29) is 11.9 Å². The van der Waals surface area contributed by atoms with E-state index >= 15 is 0 Å². The molecule has 7 heteroatoms. The summed E-state index contributed by atoms with van der Waals surface area (Å²) in [5, 5.41) is 6.60. The number of nitrogens with one attached hydrogen (secondary N) is 2. The highest BCUT2D eigenvalue weighted by atomic mass is 16.5. The number of hydrogen-bond donors (Lipinski definition) is 2. The Morgan fingerprint density at radius 3 is 3.04 bits per heavy atom. The highest BCUT2D eigenvalue weighted by Gasteiger charge is 2.25. The van der Waals surface area contributed by atoms with Gasteiger partial charge in [-0.25, -0.2) is 4.98 Å². The summed E-state index contributed by atoms with van der Waals surface area (Å²) in [5.41, 5.74) is 0.876. The van der Waals surface area contributed by atoms with Gasteiger partial charge >= 0.3 is 0 Å². The van der Waals surface area contributed by atoms with Gasteiger partial charge in [-0.05, 0) is 12.5 Å². The lowest BCUT2D eigenvalue weighted by Crippen LogP contribution is -2.44. The summed E-state index contributed by atoms with van der Waals surface area (Å²) in [6.45, 7) is 3.98. The van der Waals surface area contributed by atoms with Crippen molar-refractivity contribution in [3.8, 4) is 5.88 Å². The highest BCUT2D eigenvalue weighted by Crippen LogP contribution is 2.10. The summed E-state index contributed by atoms with van der Waals surface area (Å²) in [6.07, 6.45) is 1.49. The number of carbonyl (C=O) groups excluding carboxylic acids is 1. The van der Waals surface area contributed by atoms with Crippen molar-refractivity contribution in [1.29, 1.82) is 0 Å². The largest absolute Gasteiger partial charge is 0.481 e. The van der Waals surface area contributed by atoms with E-state index in [0.29, 0.717) is 24.8 Å². The van der Waals surface area contributed by atoms with Gasteiger partial charge in [0.25, 0.3) is 0 Å². The molecule has 0 aromatic carbocycles. The molecule has 0 radical (unpaired) electrons. The average molecular weight is 319 g/mol. The number of nitrogens with zero attached hydrogens (tertiary/aromatic N) is 3. The van der Waals surface area contributed by atoms with Crippen LogP contribution in [0.25, 0.3) is 0 Å². The summed E-state index contributed by atoms with van der Waals surface area (Å²) in [7, 11) is 3.34. The number of carbonyl (C=O) groups is 1. The van der Waals surface area contributed by atoms with Crippen LogP contribution in [0.3, 0.4) is 0 Å². The Morgan fingerprint density at radius 2 is 2.35 bits per heavy atom. The maximum absolute atomic E-state index is 11.7. The number of ether oxygens (including phenoxy) is 1. The zero-order chi connectivity index (χ0) is 16.7. The summed E-state index contributed by atoms with van der Waals surface area (Å²) in [4.78, 5) is 22.2. The Morgan fingerprint density at radius 1 is 1.52 bits per heavy atom. The van der Waals surface area contributed by atoms with Crippen LogP contribution >= 0.6 is 0 Å². The molecular weight excluding hydrogens is 294 g/mol. The van der Waals surface area contributed by atoms with E-state index in [4.69, 9.17) is 4.74 Å². The molecule has 2 rings (SSSR count). The Balaban J connectivity index is 1.83. The third-order valence-electron chi connectivity index (χ3n) is 3.84. The van der Waals surface area contributed by atoms with Crippen LogP contribution in [0.1, 0.15) is 25.5 Å². The first-order chi connectivity index (χ1) is 11.2. The van der Waals surface area contributed by atoms with Gasteiger partial charge in [-0.2, -0.15) is 0 Å². The van der Waals surface area contributed by atoms with Crippen LogP contribution in [0.15, 0.2) is 23.2 Å². The molecule has 1 aliphatic rings. The fourth-order valence-electron chi connectivity index (χ4n) is 2.56. The van der Waals surface area contributed by atoms with Crippen LogP contribution in [0.2, 0.25) is 0 Å². The van der Waals surface area contributed by atoms with E-state index in [1.165, 1.54) is 0 Å². The first-order valence-electron chi connectivity index (χ1n) is 7.91. The van der Waals surface area contributed by atoms with Crippen LogP contribution < -0.4 is 15.4 Å².